The van der Waals surface area contributed by atoms with Crippen LogP contribution in [0.2, 0.25) is 0 Å². The first-order valence-electron chi connectivity index (χ1n) is 29.1. The number of rotatable bonds is 32. The van der Waals surface area contributed by atoms with E-state index in [4.69, 9.17) is 18.9 Å². The van der Waals surface area contributed by atoms with Gasteiger partial charge >= 0.3 is 0 Å². The number of halogens is 1. The molecule has 30 heteroatoms. The molecule has 0 radical (unpaired) electrons. The number of hydrogen-bond donors (Lipinski definition) is 0. The van der Waals surface area contributed by atoms with Gasteiger partial charge in [-0.05, 0) is 91.4 Å². The number of piperidine rings is 1. The number of carbonyl (C=O) groups is 3. The van der Waals surface area contributed by atoms with Gasteiger partial charge < -0.3 is 53.0 Å². The molecule has 1 heterocycles. The number of likely N-dealkylation sites (tertiary alicyclic amines) is 1. The minimum atomic E-state index is -1.25. The Morgan fingerprint density at radius 1 is 0.602 bits per heavy atom. The van der Waals surface area contributed by atoms with Crippen molar-refractivity contribution in [2.75, 3.05) is 91.1 Å². The minimum absolute atomic E-state index is 0.0139. The van der Waals surface area contributed by atoms with Crippen LogP contribution in [0.1, 0.15) is 65.2 Å². The third-order valence-electron chi connectivity index (χ3n) is 13.8. The number of aryl methyl sites for hydroxylation is 2. The summed E-state index contributed by atoms with van der Waals surface area (Å²) in [6, 6.07) is 48.8. The van der Waals surface area contributed by atoms with Crippen molar-refractivity contribution >= 4 is 51.0 Å². The van der Waals surface area contributed by atoms with E-state index in [0.717, 1.165) is 68.9 Å². The summed E-state index contributed by atoms with van der Waals surface area (Å²) >= 11 is 2.75. The van der Waals surface area contributed by atoms with E-state index in [-0.39, 0.29) is 76.1 Å². The summed E-state index contributed by atoms with van der Waals surface area (Å²) in [7, 11) is 4.89. The zero-order chi connectivity index (χ0) is 67.5. The molecule has 6 aromatic carbocycles. The van der Waals surface area contributed by atoms with Crippen LogP contribution in [-0.4, -0.2) is 148 Å². The van der Waals surface area contributed by atoms with Gasteiger partial charge in [0.2, 0.25) is 0 Å². The van der Waals surface area contributed by atoms with Crippen LogP contribution in [0.15, 0.2) is 158 Å². The van der Waals surface area contributed by atoms with Crippen molar-refractivity contribution in [1.29, 1.82) is 0 Å². The van der Waals surface area contributed by atoms with Crippen LogP contribution in [0.4, 0.5) is 18.8 Å². The highest BCUT2D eigenvalue weighted by Crippen LogP contribution is 2.36. The van der Waals surface area contributed by atoms with Gasteiger partial charge in [0.25, 0.3) is 36.1 Å². The topological polar surface area (TPSA) is 307 Å². The van der Waals surface area contributed by atoms with Crippen LogP contribution in [0.3, 0.4) is 0 Å². The Morgan fingerprint density at radius 2 is 1.10 bits per heavy atom. The van der Waals surface area contributed by atoms with Gasteiger partial charge in [0.05, 0.1) is 13.7 Å². The Bertz CT molecular complexity index is 3270. The van der Waals surface area contributed by atoms with E-state index < -0.39 is 33.1 Å². The molecule has 0 N–H and O–H groups in total. The molecule has 1 aliphatic rings. The number of amides is 3. The molecule has 1 aliphatic heterocycles. The smallest absolute Gasteiger partial charge is 0.294 e. The molecule has 26 nitrogen and oxygen atoms in total. The van der Waals surface area contributed by atoms with Gasteiger partial charge in [0.1, 0.15) is 66.9 Å². The third-order valence-corrected chi connectivity index (χ3v) is 16.7. The highest BCUT2D eigenvalue weighted by atomic mass is 32.2. The number of ether oxygens (including phenoxy) is 4. The van der Waals surface area contributed by atoms with Crippen molar-refractivity contribution in [2.45, 2.75) is 57.3 Å². The maximum Gasteiger partial charge on any atom is 0.294 e. The summed E-state index contributed by atoms with van der Waals surface area (Å²) in [5.41, 5.74) is 5.28. The summed E-state index contributed by atoms with van der Waals surface area (Å²) < 4.78 is 37.0. The lowest BCUT2D eigenvalue weighted by Gasteiger charge is -2.38. The average Bonchev–Trinajstić information content (AvgIpc) is 3.63. The maximum atomic E-state index is 13.4. The molecule has 1 saturated heterocycles. The van der Waals surface area contributed by atoms with E-state index in [2.05, 4.69) is 19.4 Å². The lowest BCUT2D eigenvalue weighted by atomic mass is 9.81. The number of hydrogen-bond acceptors (Lipinski definition) is 22. The van der Waals surface area contributed by atoms with E-state index in [1.807, 2.05) is 141 Å². The molecular formula is C63H74FN7O19S3. The monoisotopic (exact) mass is 1350 g/mol. The molecule has 0 aromatic heterocycles. The van der Waals surface area contributed by atoms with Gasteiger partial charge in [0, 0.05) is 82.4 Å². The largest absolute Gasteiger partial charge is 0.497 e. The van der Waals surface area contributed by atoms with Crippen molar-refractivity contribution in [3.05, 3.63) is 232 Å². The van der Waals surface area contributed by atoms with Crippen LogP contribution < -0.4 is 18.9 Å². The predicted octanol–water partition coefficient (Wildman–Crippen LogP) is 13.0. The van der Waals surface area contributed by atoms with Crippen LogP contribution in [0.5, 0.6) is 23.0 Å². The Balaban J connectivity index is 0.000000254. The van der Waals surface area contributed by atoms with E-state index in [1.54, 1.807) is 49.2 Å². The summed E-state index contributed by atoms with van der Waals surface area (Å²) in [4.78, 5) is 100. The Labute approximate surface area is 549 Å². The maximum absolute atomic E-state index is 13.4. The molecule has 93 heavy (non-hydrogen) atoms. The van der Waals surface area contributed by atoms with E-state index in [0.29, 0.717) is 69.3 Å². The zero-order valence-corrected chi connectivity index (χ0v) is 54.2. The summed E-state index contributed by atoms with van der Waals surface area (Å²) in [5.74, 6) is 2.88. The second-order valence-electron chi connectivity index (χ2n) is 20.6. The third kappa shape index (κ3) is 28.8. The Hall–Kier alpha value is -9.29. The fourth-order valence-electron chi connectivity index (χ4n) is 9.03. The van der Waals surface area contributed by atoms with Crippen molar-refractivity contribution in [3.63, 3.8) is 0 Å². The predicted molar refractivity (Wildman–Crippen MR) is 348 cm³/mol. The van der Waals surface area contributed by atoms with E-state index in [9.17, 15) is 59.2 Å². The first-order valence-corrected chi connectivity index (χ1v) is 32.0. The van der Waals surface area contributed by atoms with Gasteiger partial charge in [0.15, 0.2) is 0 Å². The number of benzene rings is 6. The lowest BCUT2D eigenvalue weighted by molar-refractivity contribution is -0.788. The second kappa shape index (κ2) is 40.5. The molecule has 6 aromatic rings. The molecule has 4 unspecified atom stereocenters. The number of methoxy groups -OCH3 is 1. The van der Waals surface area contributed by atoms with Gasteiger partial charge in [-0.1, -0.05) is 150 Å². The SMILES string of the molecule is COc1cccc(OCC2CN(C(=O)SCCO[N+](=O)[O-])CC[C@H]2c2ccc(F)cc2)c1.Cc1ccc(OC(CCN(C)C(=O)SCC(CO[N+](=O)[O-])O[N+](=O)[O-])c2ccccc2)cc1.Cc1ccc(OC(CCN(C)C(=O)SCCO[N+](=O)[O-])c2ccccc2)cc1. The number of nitrogens with zero attached hydrogens (tertiary/aromatic N) is 7. The van der Waals surface area contributed by atoms with E-state index >= 15 is 0 Å². The fraction of sp³-hybridized carbons (Fsp3) is 0.381. The molecule has 3 amide bonds. The van der Waals surface area contributed by atoms with Crippen molar-refractivity contribution in [1.82, 2.24) is 14.7 Å². The zero-order valence-electron chi connectivity index (χ0n) is 51.8. The summed E-state index contributed by atoms with van der Waals surface area (Å²) in [6.07, 6.45) is 0.0755. The van der Waals surface area contributed by atoms with E-state index in [1.165, 1.54) is 17.0 Å². The molecule has 5 atom stereocenters. The van der Waals surface area contributed by atoms with Gasteiger partial charge in [-0.25, -0.2) is 4.39 Å². The van der Waals surface area contributed by atoms with Crippen molar-refractivity contribution in [3.8, 4) is 23.0 Å². The molecular weight excluding hydrogens is 1270 g/mol. The highest BCUT2D eigenvalue weighted by Gasteiger charge is 2.33. The molecule has 1 fully saturated rings. The molecule has 0 spiro atoms. The quantitative estimate of drug-likeness (QED) is 0.0215. The standard InChI is InChI=1S/C22H25FN2O6S.C21H25N3O8S.C20H24N2O5S/c1-29-19-3-2-4-20(13-19)30-15-17-14-24(22(26)32-12-11-31-25(27)28)10-9-21(17)16-5-7-18(23)8-6-16;1-16-8-10-18(11-9-16)31-20(17-6-4-3-5-7-17)12-13-22(2)21(25)33-15-19(32-24(28)29)14-30-23(26)27;1-16-8-10-18(11-9-16)27-19(17-6-4-3-5-7-17)12-13-21(2)20(23)28-15-14-26-22(24)25/h2-8,13,17,21H,9-12,14-15H2,1H3;3-11,19-20H,12-15H2,1-2H3;3-11,19H,12-15H2,1-2H3/t17?,21-;;/m0../s1. The van der Waals surface area contributed by atoms with Crippen LogP contribution in [0, 0.1) is 66.0 Å². The van der Waals surface area contributed by atoms with Gasteiger partial charge in [-0.3, -0.25) is 14.4 Å². The van der Waals surface area contributed by atoms with Crippen LogP contribution >= 0.6 is 35.3 Å². The molecule has 7 rings (SSSR count). The summed E-state index contributed by atoms with van der Waals surface area (Å²) in [5, 5.41) is 36.7. The molecule has 0 saturated carbocycles. The van der Waals surface area contributed by atoms with Gasteiger partial charge in [-0.15, -0.1) is 40.5 Å². The van der Waals surface area contributed by atoms with Crippen molar-refractivity contribution in [2.24, 2.45) is 5.92 Å². The first-order chi connectivity index (χ1) is 44.6. The highest BCUT2D eigenvalue weighted by molar-refractivity contribution is 8.14. The molecule has 0 aliphatic carbocycles. The normalized spacial score (nSPS) is 14.1. The second-order valence-corrected chi connectivity index (χ2v) is 23.7. The van der Waals surface area contributed by atoms with Crippen LogP contribution in [0.25, 0.3) is 0 Å². The minimum Gasteiger partial charge on any atom is -0.497 e. The fourth-order valence-corrected chi connectivity index (χ4v) is 11.2. The van der Waals surface area contributed by atoms with Crippen LogP contribution in [-0.2, 0) is 19.4 Å². The Morgan fingerprint density at radius 3 is 1.59 bits per heavy atom. The Kier molecular flexibility index (Phi) is 32.4. The summed E-state index contributed by atoms with van der Waals surface area (Å²) in [6.45, 7) is 5.32. The molecule has 0 bridgehead atoms. The van der Waals surface area contributed by atoms with Crippen molar-refractivity contribution < 1.29 is 77.4 Å². The lowest BCUT2D eigenvalue weighted by Crippen LogP contribution is -2.43. The first kappa shape index (κ1) is 74.4. The average molecular weight is 1350 g/mol. The number of carbonyl (C=O) groups excluding carboxylic acids is 3. The van der Waals surface area contributed by atoms with Gasteiger partial charge in [-0.2, -0.15) is 0 Å². The number of thioether (sulfide) groups is 3. The molecule has 500 valence electrons.